The molecule has 1 fully saturated rings. The number of hydrogen-bond donors (Lipinski definition) is 1. The Morgan fingerprint density at radius 2 is 2.36 bits per heavy atom. The first kappa shape index (κ1) is 9.05. The lowest BCUT2D eigenvalue weighted by Gasteiger charge is -2.09. The Balaban J connectivity index is 2.28. The van der Waals surface area contributed by atoms with Crippen molar-refractivity contribution in [3.63, 3.8) is 0 Å². The number of carbonyl (C=O) groups is 1. The fraction of sp³-hybridized carbons (Fsp3) is 0.556. The van der Waals surface area contributed by atoms with E-state index in [-0.39, 0.29) is 11.9 Å². The third kappa shape index (κ3) is 1.25. The van der Waals surface area contributed by atoms with Gasteiger partial charge in [0.2, 0.25) is 5.91 Å². The maximum absolute atomic E-state index is 11.7. The fourth-order valence-electron chi connectivity index (χ4n) is 1.71. The highest BCUT2D eigenvalue weighted by atomic mass is 16.2. The summed E-state index contributed by atoms with van der Waals surface area (Å²) in [5.74, 6) is 0.625. The molecule has 1 amide bonds. The molecule has 1 atom stereocenters. The summed E-state index contributed by atoms with van der Waals surface area (Å²) in [6.07, 6.45) is 2.65. The van der Waals surface area contributed by atoms with Gasteiger partial charge >= 0.3 is 0 Å². The minimum Gasteiger partial charge on any atom is -0.382 e. The normalized spacial score (nSPS) is 22.0. The molecule has 2 heterocycles. The summed E-state index contributed by atoms with van der Waals surface area (Å²) in [6.45, 7) is 2.68. The zero-order valence-corrected chi connectivity index (χ0v) is 8.40. The van der Waals surface area contributed by atoms with Crippen LogP contribution in [0.25, 0.3) is 0 Å². The molecule has 2 rings (SSSR count). The number of likely N-dealkylation sites (tertiary alicyclic amines) is 1. The third-order valence-corrected chi connectivity index (χ3v) is 2.67. The van der Waals surface area contributed by atoms with Gasteiger partial charge in [-0.2, -0.15) is 5.10 Å². The van der Waals surface area contributed by atoms with E-state index in [9.17, 15) is 4.79 Å². The van der Waals surface area contributed by atoms with E-state index in [4.69, 9.17) is 5.73 Å². The Labute approximate surface area is 82.5 Å². The average molecular weight is 194 g/mol. The highest BCUT2D eigenvalue weighted by Crippen LogP contribution is 2.22. The molecule has 1 aromatic rings. The van der Waals surface area contributed by atoms with Crippen molar-refractivity contribution in [1.82, 2.24) is 14.7 Å². The molecule has 14 heavy (non-hydrogen) atoms. The number of aromatic nitrogens is 2. The monoisotopic (exact) mass is 194 g/mol. The number of likely N-dealkylation sites (N-methyl/N-ethyl adjacent to an activating group) is 1. The minimum absolute atomic E-state index is 0.118. The van der Waals surface area contributed by atoms with Gasteiger partial charge in [0.25, 0.3) is 0 Å². The number of aryl methyl sites for hydroxylation is 1. The quantitative estimate of drug-likeness (QED) is 0.693. The number of nitrogen functional groups attached to an aromatic ring is 1. The second-order valence-electron chi connectivity index (χ2n) is 3.74. The van der Waals surface area contributed by atoms with Crippen LogP contribution in [-0.4, -0.2) is 34.2 Å². The number of hydrogen-bond acceptors (Lipinski definition) is 3. The van der Waals surface area contributed by atoms with E-state index in [2.05, 4.69) is 5.10 Å². The van der Waals surface area contributed by atoms with Crippen molar-refractivity contribution in [2.24, 2.45) is 0 Å². The van der Waals surface area contributed by atoms with Gasteiger partial charge in [-0.15, -0.1) is 0 Å². The Morgan fingerprint density at radius 1 is 1.64 bits per heavy atom. The largest absolute Gasteiger partial charge is 0.382 e. The molecule has 1 aromatic heterocycles. The molecule has 0 bridgehead atoms. The van der Waals surface area contributed by atoms with Crippen LogP contribution in [0.3, 0.4) is 0 Å². The van der Waals surface area contributed by atoms with E-state index < -0.39 is 0 Å². The summed E-state index contributed by atoms with van der Waals surface area (Å²) >= 11 is 0. The van der Waals surface area contributed by atoms with Crippen LogP contribution < -0.4 is 5.73 Å². The number of nitrogens with two attached hydrogens (primary N) is 1. The standard InChI is InChI=1S/C9H14N4O/c1-6-5-13(11-8(6)10)7-3-4-12(2)9(7)14/h5,7H,3-4H2,1-2H3,(H2,10,11). The Kier molecular flexibility index (Phi) is 1.94. The van der Waals surface area contributed by atoms with Gasteiger partial charge in [-0.05, 0) is 13.3 Å². The summed E-state index contributed by atoms with van der Waals surface area (Å²) < 4.78 is 1.68. The molecule has 0 saturated carbocycles. The average Bonchev–Trinajstić information content (AvgIpc) is 2.61. The molecule has 76 valence electrons. The second-order valence-corrected chi connectivity index (χ2v) is 3.74. The number of nitrogens with zero attached hydrogens (tertiary/aromatic N) is 3. The van der Waals surface area contributed by atoms with Crippen molar-refractivity contribution < 1.29 is 4.79 Å². The molecule has 1 aliphatic heterocycles. The van der Waals surface area contributed by atoms with Crippen LogP contribution in [0.15, 0.2) is 6.20 Å². The van der Waals surface area contributed by atoms with Gasteiger partial charge < -0.3 is 10.6 Å². The van der Waals surface area contributed by atoms with E-state index in [0.717, 1.165) is 18.5 Å². The van der Waals surface area contributed by atoms with Crippen LogP contribution in [0.2, 0.25) is 0 Å². The molecule has 0 aromatic carbocycles. The van der Waals surface area contributed by atoms with Gasteiger partial charge in [0.05, 0.1) is 0 Å². The fourth-order valence-corrected chi connectivity index (χ4v) is 1.71. The maximum atomic E-state index is 11.7. The summed E-state index contributed by atoms with van der Waals surface area (Å²) in [5.41, 5.74) is 6.55. The van der Waals surface area contributed by atoms with Crippen LogP contribution in [0.5, 0.6) is 0 Å². The van der Waals surface area contributed by atoms with Crippen molar-refractivity contribution in [2.45, 2.75) is 19.4 Å². The lowest BCUT2D eigenvalue weighted by molar-refractivity contribution is -0.129. The summed E-state index contributed by atoms with van der Waals surface area (Å²) in [5, 5.41) is 4.12. The first-order chi connectivity index (χ1) is 6.59. The molecule has 1 unspecified atom stereocenters. The van der Waals surface area contributed by atoms with Gasteiger partial charge in [0.15, 0.2) is 0 Å². The second kappa shape index (κ2) is 3.01. The van der Waals surface area contributed by atoms with Crippen LogP contribution >= 0.6 is 0 Å². The predicted molar refractivity (Wildman–Crippen MR) is 52.7 cm³/mol. The molecule has 5 heteroatoms. The molecule has 1 aliphatic rings. The predicted octanol–water partition coefficient (Wildman–Crippen LogP) is 0.177. The van der Waals surface area contributed by atoms with E-state index in [1.807, 2.05) is 20.2 Å². The number of rotatable bonds is 1. The van der Waals surface area contributed by atoms with Gasteiger partial charge in [0, 0.05) is 25.4 Å². The third-order valence-electron chi connectivity index (χ3n) is 2.67. The van der Waals surface area contributed by atoms with Gasteiger partial charge in [0.1, 0.15) is 11.9 Å². The summed E-state index contributed by atoms with van der Waals surface area (Å²) in [4.78, 5) is 13.4. The van der Waals surface area contributed by atoms with Crippen LogP contribution in [-0.2, 0) is 4.79 Å². The highest BCUT2D eigenvalue weighted by Gasteiger charge is 2.31. The van der Waals surface area contributed by atoms with Crippen molar-refractivity contribution >= 4 is 11.7 Å². The first-order valence-corrected chi connectivity index (χ1v) is 4.66. The molecule has 5 nitrogen and oxygen atoms in total. The van der Waals surface area contributed by atoms with Crippen LogP contribution in [0.1, 0.15) is 18.0 Å². The first-order valence-electron chi connectivity index (χ1n) is 4.66. The van der Waals surface area contributed by atoms with Gasteiger partial charge in [-0.3, -0.25) is 9.48 Å². The number of amides is 1. The van der Waals surface area contributed by atoms with E-state index in [1.165, 1.54) is 0 Å². The molecular weight excluding hydrogens is 180 g/mol. The Morgan fingerprint density at radius 3 is 2.79 bits per heavy atom. The smallest absolute Gasteiger partial charge is 0.247 e. The van der Waals surface area contributed by atoms with E-state index >= 15 is 0 Å². The van der Waals surface area contributed by atoms with E-state index in [0.29, 0.717) is 5.82 Å². The molecule has 1 saturated heterocycles. The van der Waals surface area contributed by atoms with Crippen LogP contribution in [0, 0.1) is 6.92 Å². The highest BCUT2D eigenvalue weighted by molar-refractivity contribution is 5.82. The number of carbonyl (C=O) groups excluding carboxylic acids is 1. The van der Waals surface area contributed by atoms with Gasteiger partial charge in [-0.25, -0.2) is 0 Å². The number of anilines is 1. The summed E-state index contributed by atoms with van der Waals surface area (Å²) in [6, 6.07) is -0.156. The van der Waals surface area contributed by atoms with Crippen molar-refractivity contribution in [3.05, 3.63) is 11.8 Å². The Hall–Kier alpha value is -1.52. The molecule has 0 spiro atoms. The van der Waals surface area contributed by atoms with Crippen molar-refractivity contribution in [1.29, 1.82) is 0 Å². The van der Waals surface area contributed by atoms with Crippen molar-refractivity contribution in [2.75, 3.05) is 19.3 Å². The lowest BCUT2D eigenvalue weighted by atomic mass is 10.2. The van der Waals surface area contributed by atoms with Gasteiger partial charge in [-0.1, -0.05) is 0 Å². The molecule has 2 N–H and O–H groups in total. The molecule has 0 radical (unpaired) electrons. The van der Waals surface area contributed by atoms with E-state index in [1.54, 1.807) is 9.58 Å². The molecule has 0 aliphatic carbocycles. The Bertz CT molecular complexity index is 351. The SMILES string of the molecule is Cc1cn(C2CCN(C)C2=O)nc1N. The van der Waals surface area contributed by atoms with Crippen molar-refractivity contribution in [3.8, 4) is 0 Å². The zero-order chi connectivity index (χ0) is 10.3. The zero-order valence-electron chi connectivity index (χ0n) is 8.40. The molecular formula is C9H14N4O. The maximum Gasteiger partial charge on any atom is 0.247 e. The topological polar surface area (TPSA) is 64.2 Å². The summed E-state index contributed by atoms with van der Waals surface area (Å²) in [7, 11) is 1.81. The lowest BCUT2D eigenvalue weighted by Crippen LogP contribution is -2.24. The van der Waals surface area contributed by atoms with Crippen LogP contribution in [0.4, 0.5) is 5.82 Å². The minimum atomic E-state index is -0.156.